The van der Waals surface area contributed by atoms with E-state index >= 15 is 0 Å². The number of hydrogen-bond acceptors (Lipinski definition) is 4. The van der Waals surface area contributed by atoms with Gasteiger partial charge in [-0.15, -0.1) is 0 Å². The van der Waals surface area contributed by atoms with Crippen LogP contribution in [-0.4, -0.2) is 41.6 Å². The molecular formula is C15H29N3O3Si. The monoisotopic (exact) mass is 327 g/mol. The third kappa shape index (κ3) is 5.22. The standard InChI is InChI=1S/C15H29N3O3Si/c1-15(2,3)22(4,5)21-12(7-6-8-19)9-18-10-13(14(16)20)17-11-18/h10-12,19H,6-9H2,1-5H3,(H2,16,20)/t12-/m0/s1. The largest absolute Gasteiger partial charge is 0.412 e. The zero-order chi connectivity index (χ0) is 17.0. The van der Waals surface area contributed by atoms with Gasteiger partial charge < -0.3 is 19.8 Å². The van der Waals surface area contributed by atoms with E-state index < -0.39 is 14.2 Å². The number of aliphatic hydroxyl groups excluding tert-OH is 1. The number of imidazole rings is 1. The summed E-state index contributed by atoms with van der Waals surface area (Å²) in [4.78, 5) is 15.1. The number of hydrogen-bond donors (Lipinski definition) is 2. The molecule has 0 aromatic carbocycles. The van der Waals surface area contributed by atoms with Crippen LogP contribution in [0.2, 0.25) is 18.1 Å². The number of aliphatic hydroxyl groups is 1. The van der Waals surface area contributed by atoms with Crippen molar-refractivity contribution in [3.05, 3.63) is 18.2 Å². The van der Waals surface area contributed by atoms with Crippen LogP contribution in [-0.2, 0) is 11.0 Å². The van der Waals surface area contributed by atoms with E-state index in [2.05, 4.69) is 38.8 Å². The number of amides is 1. The fraction of sp³-hybridized carbons (Fsp3) is 0.733. The van der Waals surface area contributed by atoms with Crippen LogP contribution in [0.4, 0.5) is 0 Å². The van der Waals surface area contributed by atoms with Crippen molar-refractivity contribution in [1.29, 1.82) is 0 Å². The van der Waals surface area contributed by atoms with Crippen molar-refractivity contribution in [3.8, 4) is 0 Å². The summed E-state index contributed by atoms with van der Waals surface area (Å²) in [6, 6.07) is 0. The minimum absolute atomic E-state index is 0.0111. The smallest absolute Gasteiger partial charge is 0.268 e. The minimum Gasteiger partial charge on any atom is -0.412 e. The van der Waals surface area contributed by atoms with Crippen LogP contribution in [0.5, 0.6) is 0 Å². The van der Waals surface area contributed by atoms with E-state index in [0.29, 0.717) is 13.0 Å². The molecule has 0 unspecified atom stereocenters. The molecule has 1 amide bonds. The van der Waals surface area contributed by atoms with Gasteiger partial charge in [0, 0.05) is 19.3 Å². The van der Waals surface area contributed by atoms with Crippen LogP contribution in [0.1, 0.15) is 44.1 Å². The maximum absolute atomic E-state index is 11.1. The van der Waals surface area contributed by atoms with Crippen molar-refractivity contribution in [2.45, 2.75) is 64.4 Å². The second-order valence-electron chi connectivity index (χ2n) is 7.19. The summed E-state index contributed by atoms with van der Waals surface area (Å²) in [6.07, 6.45) is 4.69. The molecule has 22 heavy (non-hydrogen) atoms. The van der Waals surface area contributed by atoms with Crippen molar-refractivity contribution in [3.63, 3.8) is 0 Å². The molecule has 0 spiro atoms. The highest BCUT2D eigenvalue weighted by Crippen LogP contribution is 2.37. The van der Waals surface area contributed by atoms with E-state index in [1.54, 1.807) is 12.5 Å². The van der Waals surface area contributed by atoms with Gasteiger partial charge in [0.25, 0.3) is 5.91 Å². The number of nitrogens with zero attached hydrogens (tertiary/aromatic N) is 2. The second kappa shape index (κ2) is 7.39. The summed E-state index contributed by atoms with van der Waals surface area (Å²) in [7, 11) is -1.89. The Morgan fingerprint density at radius 1 is 1.50 bits per heavy atom. The Hall–Kier alpha value is -1.18. The average Bonchev–Trinajstić information content (AvgIpc) is 2.83. The lowest BCUT2D eigenvalue weighted by atomic mass is 10.2. The Morgan fingerprint density at radius 3 is 2.59 bits per heavy atom. The van der Waals surface area contributed by atoms with Gasteiger partial charge in [0.15, 0.2) is 8.32 Å². The molecule has 7 heteroatoms. The Balaban J connectivity index is 2.81. The highest BCUT2D eigenvalue weighted by Gasteiger charge is 2.39. The van der Waals surface area contributed by atoms with Crippen LogP contribution >= 0.6 is 0 Å². The summed E-state index contributed by atoms with van der Waals surface area (Å²) in [5.74, 6) is -0.532. The molecule has 0 aliphatic rings. The Labute approximate surface area is 133 Å². The van der Waals surface area contributed by atoms with E-state index in [1.165, 1.54) is 0 Å². The highest BCUT2D eigenvalue weighted by molar-refractivity contribution is 6.74. The normalized spacial score (nSPS) is 14.1. The molecule has 1 aromatic heterocycles. The number of aromatic nitrogens is 2. The molecule has 0 saturated heterocycles. The molecule has 0 bridgehead atoms. The molecule has 1 rings (SSSR count). The number of rotatable bonds is 8. The Kier molecular flexibility index (Phi) is 6.34. The van der Waals surface area contributed by atoms with Crippen LogP contribution in [0.3, 0.4) is 0 Å². The average molecular weight is 328 g/mol. The summed E-state index contributed by atoms with van der Waals surface area (Å²) >= 11 is 0. The molecule has 0 fully saturated rings. The molecule has 6 nitrogen and oxygen atoms in total. The van der Waals surface area contributed by atoms with Crippen molar-refractivity contribution < 1.29 is 14.3 Å². The lowest BCUT2D eigenvalue weighted by molar-refractivity contribution is 0.0995. The van der Waals surface area contributed by atoms with Gasteiger partial charge in [0.2, 0.25) is 0 Å². The Bertz CT molecular complexity index is 494. The van der Waals surface area contributed by atoms with Gasteiger partial charge >= 0.3 is 0 Å². The van der Waals surface area contributed by atoms with Gasteiger partial charge in [-0.2, -0.15) is 0 Å². The highest BCUT2D eigenvalue weighted by atomic mass is 28.4. The zero-order valence-corrected chi connectivity index (χ0v) is 15.3. The van der Waals surface area contributed by atoms with Gasteiger partial charge in [0.1, 0.15) is 5.69 Å². The summed E-state index contributed by atoms with van der Waals surface area (Å²) in [5.41, 5.74) is 5.48. The van der Waals surface area contributed by atoms with Crippen LogP contribution in [0.25, 0.3) is 0 Å². The van der Waals surface area contributed by atoms with Crippen molar-refractivity contribution in [1.82, 2.24) is 9.55 Å². The zero-order valence-electron chi connectivity index (χ0n) is 14.3. The first kappa shape index (κ1) is 18.9. The van der Waals surface area contributed by atoms with E-state index in [1.807, 2.05) is 4.57 Å². The van der Waals surface area contributed by atoms with Gasteiger partial charge in [-0.3, -0.25) is 4.79 Å². The first-order chi connectivity index (χ1) is 10.1. The molecule has 126 valence electrons. The predicted molar refractivity (Wildman–Crippen MR) is 89.1 cm³/mol. The lowest BCUT2D eigenvalue weighted by Crippen LogP contribution is -2.45. The fourth-order valence-corrected chi connectivity index (χ4v) is 3.30. The number of primary amides is 1. The molecule has 1 atom stereocenters. The number of carbonyl (C=O) groups is 1. The quantitative estimate of drug-likeness (QED) is 0.716. The van der Waals surface area contributed by atoms with Gasteiger partial charge in [-0.1, -0.05) is 20.8 Å². The molecule has 1 aromatic rings. The van der Waals surface area contributed by atoms with E-state index in [-0.39, 0.29) is 23.4 Å². The maximum Gasteiger partial charge on any atom is 0.268 e. The summed E-state index contributed by atoms with van der Waals surface area (Å²) in [6.45, 7) is 11.8. The van der Waals surface area contributed by atoms with Crippen molar-refractivity contribution in [2.75, 3.05) is 6.61 Å². The second-order valence-corrected chi connectivity index (χ2v) is 11.9. The van der Waals surface area contributed by atoms with Crippen LogP contribution < -0.4 is 5.73 Å². The van der Waals surface area contributed by atoms with Gasteiger partial charge in [0.05, 0.1) is 12.4 Å². The topological polar surface area (TPSA) is 90.4 Å². The van der Waals surface area contributed by atoms with Crippen molar-refractivity contribution in [2.24, 2.45) is 5.73 Å². The third-order valence-corrected chi connectivity index (χ3v) is 8.79. The molecule has 0 aliphatic heterocycles. The van der Waals surface area contributed by atoms with Crippen molar-refractivity contribution >= 4 is 14.2 Å². The predicted octanol–water partition coefficient (Wildman–Crippen LogP) is 2.14. The van der Waals surface area contributed by atoms with E-state index in [4.69, 9.17) is 15.3 Å². The molecular weight excluding hydrogens is 298 g/mol. The van der Waals surface area contributed by atoms with E-state index in [9.17, 15) is 4.79 Å². The maximum atomic E-state index is 11.1. The number of nitrogens with two attached hydrogens (primary N) is 1. The molecule has 3 N–H and O–H groups in total. The molecule has 1 heterocycles. The van der Waals surface area contributed by atoms with Gasteiger partial charge in [-0.05, 0) is 31.0 Å². The molecule has 0 aliphatic carbocycles. The summed E-state index contributed by atoms with van der Waals surface area (Å²) < 4.78 is 8.27. The lowest BCUT2D eigenvalue weighted by Gasteiger charge is -2.39. The van der Waals surface area contributed by atoms with Gasteiger partial charge in [-0.25, -0.2) is 4.98 Å². The number of carbonyl (C=O) groups excluding carboxylic acids is 1. The molecule has 0 saturated carbocycles. The SMILES string of the molecule is CC(C)(C)[Si](C)(C)O[C@@H](CCCO)Cn1cnc(C(N)=O)c1. The van der Waals surface area contributed by atoms with Crippen LogP contribution in [0.15, 0.2) is 12.5 Å². The fourth-order valence-electron chi connectivity index (χ4n) is 1.92. The van der Waals surface area contributed by atoms with Crippen LogP contribution in [0, 0.1) is 0 Å². The Morgan fingerprint density at radius 2 is 2.14 bits per heavy atom. The first-order valence-corrected chi connectivity index (χ1v) is 10.6. The summed E-state index contributed by atoms with van der Waals surface area (Å²) in [5, 5.41) is 9.21. The third-order valence-electron chi connectivity index (χ3n) is 4.25. The molecule has 0 radical (unpaired) electrons. The minimum atomic E-state index is -1.89. The first-order valence-electron chi connectivity index (χ1n) is 7.67. The van der Waals surface area contributed by atoms with E-state index in [0.717, 1.165) is 6.42 Å².